The number of likely N-dealkylation sites (N-methyl/N-ethyl adjacent to an activating group) is 1. The number of ether oxygens (including phenoxy) is 2. The minimum atomic E-state index is -0.636. The molecular weight excluding hydrogens is 429 g/mol. The molecule has 2 N–H and O–H groups in total. The summed E-state index contributed by atoms with van der Waals surface area (Å²) in [7, 11) is 6.68. The first kappa shape index (κ1) is 24.6. The molecule has 0 spiro atoms. The Labute approximate surface area is 187 Å². The monoisotopic (exact) mass is 457 g/mol. The molecule has 1 aliphatic heterocycles. The highest BCUT2D eigenvalue weighted by Gasteiger charge is 2.27. The summed E-state index contributed by atoms with van der Waals surface area (Å²) in [5, 5.41) is 13.7. The summed E-state index contributed by atoms with van der Waals surface area (Å²) in [5.74, 6) is 1.09. The zero-order valence-corrected chi connectivity index (χ0v) is 19.2. The molecule has 0 bridgehead atoms. The quantitative estimate of drug-likeness (QED) is 0.483. The number of hydrogen-bond donors (Lipinski definition) is 2. The number of halogens is 2. The maximum Gasteiger partial charge on any atom is 0.222 e. The van der Waals surface area contributed by atoms with Crippen LogP contribution in [-0.4, -0.2) is 94.3 Å². The summed E-state index contributed by atoms with van der Waals surface area (Å²) in [6.07, 6.45) is 0.170. The molecule has 1 heterocycles. The van der Waals surface area contributed by atoms with Crippen LogP contribution in [0.4, 0.5) is 0 Å². The normalized spacial score (nSPS) is 19.4. The topological polar surface area (TPSA) is 91.0 Å². The van der Waals surface area contributed by atoms with Gasteiger partial charge in [0, 0.05) is 46.9 Å². The first-order valence-corrected chi connectivity index (χ1v) is 10.4. The fraction of sp³-hybridized carbons (Fsp3) is 0.550. The lowest BCUT2D eigenvalue weighted by Gasteiger charge is -2.20. The highest BCUT2D eigenvalue weighted by Crippen LogP contribution is 2.26. The fourth-order valence-corrected chi connectivity index (χ4v) is 3.55. The molecule has 166 valence electrons. The average molecular weight is 458 g/mol. The van der Waals surface area contributed by atoms with E-state index in [1.165, 1.54) is 0 Å². The Morgan fingerprint density at radius 1 is 1.30 bits per heavy atom. The largest absolute Gasteiger partial charge is 0.388 e. The van der Waals surface area contributed by atoms with Crippen molar-refractivity contribution in [3.63, 3.8) is 0 Å². The molecule has 1 fully saturated rings. The van der Waals surface area contributed by atoms with Gasteiger partial charge < -0.3 is 24.8 Å². The van der Waals surface area contributed by atoms with E-state index >= 15 is 0 Å². The number of benzene rings is 1. The van der Waals surface area contributed by atoms with Gasteiger partial charge in [-0.3, -0.25) is 9.98 Å². The number of nitrogens with one attached hydrogen (secondary N) is 1. The van der Waals surface area contributed by atoms with Crippen LogP contribution in [0.15, 0.2) is 33.2 Å². The highest BCUT2D eigenvalue weighted by atomic mass is 35.5. The molecule has 10 heteroatoms. The summed E-state index contributed by atoms with van der Waals surface area (Å²) in [5.41, 5.74) is 1.27. The standard InChI is InChI=1S/C20H29Cl2N5O3/c1-23-18(15-6-5-7-16(21)17(15)22)19(24-2)26-20(25-3)27-9-8-14(10-27)30-12-13(28)11-29-4/h5-7,13-14,28H,8-12H2,1-4H3,(H,24,25,26)/b23-18+/t13-,14+/m1/s1. The second-order valence-corrected chi connectivity index (χ2v) is 7.49. The van der Waals surface area contributed by atoms with E-state index in [1.54, 1.807) is 34.3 Å². The van der Waals surface area contributed by atoms with Gasteiger partial charge in [0.2, 0.25) is 5.96 Å². The highest BCUT2D eigenvalue weighted by molar-refractivity contribution is 6.53. The van der Waals surface area contributed by atoms with E-state index in [4.69, 9.17) is 37.7 Å². The van der Waals surface area contributed by atoms with Gasteiger partial charge in [0.05, 0.1) is 29.4 Å². The van der Waals surface area contributed by atoms with Crippen LogP contribution in [0.5, 0.6) is 0 Å². The molecule has 2 atom stereocenters. The van der Waals surface area contributed by atoms with Crippen molar-refractivity contribution >= 4 is 40.7 Å². The van der Waals surface area contributed by atoms with Crippen LogP contribution in [0.2, 0.25) is 10.0 Å². The minimum Gasteiger partial charge on any atom is -0.388 e. The van der Waals surface area contributed by atoms with Crippen LogP contribution >= 0.6 is 23.2 Å². The van der Waals surface area contributed by atoms with Crippen molar-refractivity contribution in [3.8, 4) is 0 Å². The number of amidine groups is 1. The second kappa shape index (κ2) is 12.2. The van der Waals surface area contributed by atoms with Crippen LogP contribution in [-0.2, 0) is 9.47 Å². The van der Waals surface area contributed by atoms with Gasteiger partial charge in [-0.05, 0) is 12.5 Å². The van der Waals surface area contributed by atoms with E-state index in [-0.39, 0.29) is 19.3 Å². The Balaban J connectivity index is 2.14. The average Bonchev–Trinajstić information content (AvgIpc) is 3.21. The number of aliphatic hydroxyl groups is 1. The van der Waals surface area contributed by atoms with Gasteiger partial charge in [-0.1, -0.05) is 35.3 Å². The number of guanidine groups is 1. The Kier molecular flexibility index (Phi) is 10.0. The SMILES string of the molecule is C\N=C(/N=C(NC)\C(=N\C)c1cccc(Cl)c1Cl)N1CC[C@H](OC[C@H](O)COC)C1. The van der Waals surface area contributed by atoms with Crippen molar-refractivity contribution in [2.45, 2.75) is 18.6 Å². The number of likely N-dealkylation sites (tertiary alicyclic amines) is 1. The first-order chi connectivity index (χ1) is 14.4. The van der Waals surface area contributed by atoms with Crippen molar-refractivity contribution < 1.29 is 14.6 Å². The maximum absolute atomic E-state index is 9.77. The Hall–Kier alpha value is -1.71. The number of hydrogen-bond acceptors (Lipinski definition) is 5. The van der Waals surface area contributed by atoms with Crippen molar-refractivity contribution in [1.29, 1.82) is 0 Å². The van der Waals surface area contributed by atoms with Gasteiger partial charge in [-0.15, -0.1) is 0 Å². The third kappa shape index (κ3) is 6.39. The lowest BCUT2D eigenvalue weighted by atomic mass is 10.1. The summed E-state index contributed by atoms with van der Waals surface area (Å²) >= 11 is 12.6. The zero-order chi connectivity index (χ0) is 22.1. The fourth-order valence-electron chi connectivity index (χ4n) is 3.16. The molecule has 0 aliphatic carbocycles. The van der Waals surface area contributed by atoms with E-state index in [1.807, 2.05) is 17.0 Å². The summed E-state index contributed by atoms with van der Waals surface area (Å²) in [6.45, 7) is 1.85. The van der Waals surface area contributed by atoms with Crippen LogP contribution in [0.3, 0.4) is 0 Å². The van der Waals surface area contributed by atoms with Gasteiger partial charge in [-0.25, -0.2) is 0 Å². The predicted molar refractivity (Wildman–Crippen MR) is 123 cm³/mol. The molecule has 0 amide bonds. The zero-order valence-electron chi connectivity index (χ0n) is 17.7. The Morgan fingerprint density at radius 3 is 2.70 bits per heavy atom. The lowest BCUT2D eigenvalue weighted by molar-refractivity contribution is -0.0316. The van der Waals surface area contributed by atoms with E-state index in [2.05, 4.69) is 15.3 Å². The van der Waals surface area contributed by atoms with E-state index < -0.39 is 6.10 Å². The molecule has 1 aromatic carbocycles. The molecule has 2 rings (SSSR count). The molecule has 0 radical (unpaired) electrons. The van der Waals surface area contributed by atoms with Crippen LogP contribution in [0.25, 0.3) is 0 Å². The van der Waals surface area contributed by atoms with Gasteiger partial charge in [0.1, 0.15) is 11.8 Å². The van der Waals surface area contributed by atoms with Crippen LogP contribution in [0, 0.1) is 0 Å². The molecule has 0 aromatic heterocycles. The van der Waals surface area contributed by atoms with Crippen molar-refractivity contribution in [1.82, 2.24) is 10.2 Å². The van der Waals surface area contributed by atoms with Gasteiger partial charge in [-0.2, -0.15) is 4.99 Å². The van der Waals surface area contributed by atoms with Gasteiger partial charge in [0.25, 0.3) is 0 Å². The summed E-state index contributed by atoms with van der Waals surface area (Å²) in [4.78, 5) is 15.4. The van der Waals surface area contributed by atoms with E-state index in [0.29, 0.717) is 39.7 Å². The third-order valence-electron chi connectivity index (χ3n) is 4.61. The summed E-state index contributed by atoms with van der Waals surface area (Å²) < 4.78 is 10.7. The number of aliphatic hydroxyl groups excluding tert-OH is 1. The molecule has 8 nitrogen and oxygen atoms in total. The minimum absolute atomic E-state index is 0.0109. The Bertz CT molecular complexity index is 801. The first-order valence-electron chi connectivity index (χ1n) is 9.63. The molecule has 1 saturated heterocycles. The number of methoxy groups -OCH3 is 1. The smallest absolute Gasteiger partial charge is 0.222 e. The molecule has 0 unspecified atom stereocenters. The third-order valence-corrected chi connectivity index (χ3v) is 5.43. The van der Waals surface area contributed by atoms with E-state index in [0.717, 1.165) is 13.0 Å². The number of aliphatic imine (C=N–C) groups is 3. The molecular formula is C20H29Cl2N5O3. The Morgan fingerprint density at radius 2 is 2.07 bits per heavy atom. The van der Waals surface area contributed by atoms with Gasteiger partial charge in [0.15, 0.2) is 5.84 Å². The number of nitrogens with zero attached hydrogens (tertiary/aromatic N) is 4. The number of rotatable bonds is 7. The van der Waals surface area contributed by atoms with Crippen LogP contribution in [0.1, 0.15) is 12.0 Å². The van der Waals surface area contributed by atoms with Crippen LogP contribution < -0.4 is 5.32 Å². The second-order valence-electron chi connectivity index (χ2n) is 6.71. The van der Waals surface area contributed by atoms with Crippen molar-refractivity contribution in [2.75, 3.05) is 54.6 Å². The van der Waals surface area contributed by atoms with Gasteiger partial charge >= 0.3 is 0 Å². The molecule has 0 saturated carbocycles. The molecule has 1 aromatic rings. The van der Waals surface area contributed by atoms with E-state index in [9.17, 15) is 5.11 Å². The van der Waals surface area contributed by atoms with Crippen molar-refractivity contribution in [2.24, 2.45) is 15.0 Å². The molecule has 1 aliphatic rings. The summed E-state index contributed by atoms with van der Waals surface area (Å²) in [6, 6.07) is 5.39. The molecule has 30 heavy (non-hydrogen) atoms. The predicted octanol–water partition coefficient (Wildman–Crippen LogP) is 2.11. The maximum atomic E-state index is 9.77. The van der Waals surface area contributed by atoms with Crippen molar-refractivity contribution in [3.05, 3.63) is 33.8 Å². The lowest BCUT2D eigenvalue weighted by Crippen LogP contribution is -2.35.